The van der Waals surface area contributed by atoms with E-state index in [9.17, 15) is 10.2 Å². The highest BCUT2D eigenvalue weighted by atomic mass is 35.5. The Kier molecular flexibility index (Phi) is 10.4. The SMILES string of the molecule is Cl.NC(O)CC(Cc1ccccc1)(c1ccccc1)C(O)(CCc1ccccc1)NCc1ccccc1. The van der Waals surface area contributed by atoms with Crippen molar-refractivity contribution in [2.24, 2.45) is 5.73 Å². The summed E-state index contributed by atoms with van der Waals surface area (Å²) in [5.41, 5.74) is 8.05. The van der Waals surface area contributed by atoms with Crippen LogP contribution in [-0.2, 0) is 24.8 Å². The summed E-state index contributed by atoms with van der Waals surface area (Å²) in [5, 5.41) is 26.9. The van der Waals surface area contributed by atoms with Gasteiger partial charge in [-0.2, -0.15) is 0 Å². The Hall–Kier alpha value is -2.99. The van der Waals surface area contributed by atoms with Crippen LogP contribution in [0.3, 0.4) is 0 Å². The molecule has 0 aliphatic heterocycles. The van der Waals surface area contributed by atoms with E-state index in [2.05, 4.69) is 29.6 Å². The first kappa shape index (κ1) is 28.6. The smallest absolute Gasteiger partial charge is 0.126 e. The first-order valence-electron chi connectivity index (χ1n) is 12.6. The summed E-state index contributed by atoms with van der Waals surface area (Å²) < 4.78 is 0. The summed E-state index contributed by atoms with van der Waals surface area (Å²) in [4.78, 5) is 0. The molecule has 4 rings (SSSR count). The fourth-order valence-electron chi connectivity index (χ4n) is 5.22. The molecular formula is C32H37ClN2O2. The summed E-state index contributed by atoms with van der Waals surface area (Å²) in [6.07, 6.45) is 0.718. The van der Waals surface area contributed by atoms with Crippen molar-refractivity contribution in [2.75, 3.05) is 0 Å². The second kappa shape index (κ2) is 13.5. The van der Waals surface area contributed by atoms with Gasteiger partial charge in [-0.3, -0.25) is 5.32 Å². The van der Waals surface area contributed by atoms with Crippen molar-refractivity contribution in [3.05, 3.63) is 144 Å². The largest absolute Gasteiger partial charge is 0.379 e. The van der Waals surface area contributed by atoms with Gasteiger partial charge in [0.05, 0.1) is 0 Å². The maximum Gasteiger partial charge on any atom is 0.126 e. The molecule has 0 fully saturated rings. The normalized spacial score (nSPS) is 15.1. The standard InChI is InChI=1S/C32H36N2O2.ClH/c33-30(35)24-31(29-19-11-4-12-20-29,23-27-15-7-2-8-16-27)32(36,22-21-26-13-5-1-6-14-26)34-25-28-17-9-3-10-18-28;/h1-20,30,34-36H,21-25,33H2;1H. The minimum atomic E-state index is -1.38. The molecule has 0 radical (unpaired) electrons. The summed E-state index contributed by atoms with van der Waals surface area (Å²) in [6, 6.07) is 40.4. The fraction of sp³-hybridized carbons (Fsp3) is 0.250. The minimum Gasteiger partial charge on any atom is -0.379 e. The number of hydrogen-bond acceptors (Lipinski definition) is 4. The van der Waals surface area contributed by atoms with Crippen molar-refractivity contribution >= 4 is 12.4 Å². The van der Waals surface area contributed by atoms with Crippen molar-refractivity contribution in [1.82, 2.24) is 5.32 Å². The van der Waals surface area contributed by atoms with Crippen molar-refractivity contribution in [1.29, 1.82) is 0 Å². The second-order valence-electron chi connectivity index (χ2n) is 9.57. The van der Waals surface area contributed by atoms with Crippen LogP contribution in [-0.4, -0.2) is 22.2 Å². The zero-order chi connectivity index (χ0) is 25.3. The number of aliphatic hydroxyl groups is 2. The topological polar surface area (TPSA) is 78.5 Å². The zero-order valence-electron chi connectivity index (χ0n) is 21.0. The van der Waals surface area contributed by atoms with Gasteiger partial charge in [-0.05, 0) is 41.5 Å². The average molecular weight is 517 g/mol. The van der Waals surface area contributed by atoms with Gasteiger partial charge < -0.3 is 15.9 Å². The van der Waals surface area contributed by atoms with Crippen LogP contribution in [0.15, 0.2) is 121 Å². The van der Waals surface area contributed by atoms with Crippen LogP contribution in [0, 0.1) is 0 Å². The molecule has 0 amide bonds. The van der Waals surface area contributed by atoms with E-state index in [0.29, 0.717) is 25.8 Å². The molecule has 0 saturated heterocycles. The molecule has 0 aliphatic rings. The predicted octanol–water partition coefficient (Wildman–Crippen LogP) is 5.37. The lowest BCUT2D eigenvalue weighted by molar-refractivity contribution is -0.0943. The van der Waals surface area contributed by atoms with Gasteiger partial charge in [-0.15, -0.1) is 12.4 Å². The first-order valence-corrected chi connectivity index (χ1v) is 12.6. The molecule has 0 bridgehead atoms. The molecule has 0 spiro atoms. The lowest BCUT2D eigenvalue weighted by Crippen LogP contribution is -2.63. The van der Waals surface area contributed by atoms with Gasteiger partial charge in [0.15, 0.2) is 0 Å². The Morgan fingerprint density at radius 2 is 1.14 bits per heavy atom. The van der Waals surface area contributed by atoms with Crippen LogP contribution in [0.1, 0.15) is 35.1 Å². The molecule has 3 atom stereocenters. The maximum atomic E-state index is 12.7. The molecule has 5 heteroatoms. The molecule has 0 saturated carbocycles. The van der Waals surface area contributed by atoms with Gasteiger partial charge in [-0.1, -0.05) is 121 Å². The van der Waals surface area contributed by atoms with E-state index in [-0.39, 0.29) is 18.8 Å². The summed E-state index contributed by atoms with van der Waals surface area (Å²) >= 11 is 0. The average Bonchev–Trinajstić information content (AvgIpc) is 2.92. The first-order chi connectivity index (χ1) is 17.5. The van der Waals surface area contributed by atoms with Gasteiger partial charge in [-0.25, -0.2) is 0 Å². The minimum absolute atomic E-state index is 0. The molecule has 194 valence electrons. The summed E-state index contributed by atoms with van der Waals surface area (Å²) in [7, 11) is 0. The Bertz CT molecular complexity index is 1130. The molecule has 5 N–H and O–H groups in total. The van der Waals surface area contributed by atoms with E-state index in [4.69, 9.17) is 5.73 Å². The highest BCUT2D eigenvalue weighted by molar-refractivity contribution is 5.85. The molecule has 4 aromatic rings. The Labute approximate surface area is 226 Å². The van der Waals surface area contributed by atoms with Crippen molar-refractivity contribution in [3.63, 3.8) is 0 Å². The Morgan fingerprint density at radius 3 is 1.65 bits per heavy atom. The predicted molar refractivity (Wildman–Crippen MR) is 153 cm³/mol. The molecule has 0 heterocycles. The Morgan fingerprint density at radius 1 is 0.676 bits per heavy atom. The maximum absolute atomic E-state index is 12.7. The number of benzene rings is 4. The third kappa shape index (κ3) is 7.29. The third-order valence-electron chi connectivity index (χ3n) is 7.07. The molecule has 4 aromatic carbocycles. The quantitative estimate of drug-likeness (QED) is 0.191. The lowest BCUT2D eigenvalue weighted by Gasteiger charge is -2.49. The molecule has 3 unspecified atom stereocenters. The van der Waals surface area contributed by atoms with Crippen molar-refractivity contribution in [3.8, 4) is 0 Å². The summed E-state index contributed by atoms with van der Waals surface area (Å²) in [5.74, 6) is 0. The van der Waals surface area contributed by atoms with Crippen LogP contribution in [0.5, 0.6) is 0 Å². The van der Waals surface area contributed by atoms with Gasteiger partial charge >= 0.3 is 0 Å². The van der Waals surface area contributed by atoms with Crippen LogP contribution in [0.2, 0.25) is 0 Å². The molecule has 37 heavy (non-hydrogen) atoms. The summed E-state index contributed by atoms with van der Waals surface area (Å²) in [6.45, 7) is 0.482. The van der Waals surface area contributed by atoms with E-state index in [1.54, 1.807) is 0 Å². The van der Waals surface area contributed by atoms with Crippen molar-refractivity contribution < 1.29 is 10.2 Å². The molecule has 4 nitrogen and oxygen atoms in total. The van der Waals surface area contributed by atoms with E-state index in [1.807, 2.05) is 97.1 Å². The van der Waals surface area contributed by atoms with E-state index >= 15 is 0 Å². The van der Waals surface area contributed by atoms with Gasteiger partial charge in [0.25, 0.3) is 0 Å². The number of halogens is 1. The second-order valence-corrected chi connectivity index (χ2v) is 9.57. The van der Waals surface area contributed by atoms with Crippen molar-refractivity contribution in [2.45, 2.75) is 49.6 Å². The van der Waals surface area contributed by atoms with Gasteiger partial charge in [0.2, 0.25) is 0 Å². The molecule has 0 aromatic heterocycles. The van der Waals surface area contributed by atoms with E-state index < -0.39 is 17.4 Å². The number of aryl methyl sites for hydroxylation is 1. The van der Waals surface area contributed by atoms with Crippen LogP contribution in [0.4, 0.5) is 0 Å². The zero-order valence-corrected chi connectivity index (χ0v) is 21.9. The lowest BCUT2D eigenvalue weighted by atomic mass is 9.63. The van der Waals surface area contributed by atoms with E-state index in [0.717, 1.165) is 22.3 Å². The third-order valence-corrected chi connectivity index (χ3v) is 7.07. The van der Waals surface area contributed by atoms with Crippen LogP contribution < -0.4 is 11.1 Å². The fourth-order valence-corrected chi connectivity index (χ4v) is 5.22. The highest BCUT2D eigenvalue weighted by Crippen LogP contribution is 2.44. The number of rotatable bonds is 12. The van der Waals surface area contributed by atoms with Crippen LogP contribution >= 0.6 is 12.4 Å². The molecule has 0 aliphatic carbocycles. The van der Waals surface area contributed by atoms with E-state index in [1.165, 1.54) is 0 Å². The monoisotopic (exact) mass is 516 g/mol. The number of hydrogen-bond donors (Lipinski definition) is 4. The molecular weight excluding hydrogens is 480 g/mol. The highest BCUT2D eigenvalue weighted by Gasteiger charge is 2.51. The van der Waals surface area contributed by atoms with Crippen LogP contribution in [0.25, 0.3) is 0 Å². The number of nitrogens with two attached hydrogens (primary N) is 1. The Balaban J connectivity index is 0.00000380. The van der Waals surface area contributed by atoms with Gasteiger partial charge in [0.1, 0.15) is 12.0 Å². The number of aliphatic hydroxyl groups excluding tert-OH is 1. The van der Waals surface area contributed by atoms with Gasteiger partial charge in [0, 0.05) is 18.4 Å². The number of nitrogens with one attached hydrogen (secondary N) is 1.